The number of hydrogen-bond acceptors (Lipinski definition) is 4. The van der Waals surface area contributed by atoms with E-state index in [4.69, 9.17) is 22.7 Å². The molecule has 2 aromatic rings. The van der Waals surface area contributed by atoms with E-state index in [1.54, 1.807) is 0 Å². The first kappa shape index (κ1) is 15.3. The van der Waals surface area contributed by atoms with E-state index in [1.165, 1.54) is 0 Å². The van der Waals surface area contributed by atoms with Crippen LogP contribution in [-0.4, -0.2) is 15.2 Å². The van der Waals surface area contributed by atoms with Crippen LogP contribution in [0.15, 0.2) is 27.1 Å². The van der Waals surface area contributed by atoms with Crippen molar-refractivity contribution in [1.29, 1.82) is 0 Å². The molecule has 1 heterocycles. The average molecular weight is 417 g/mol. The zero-order valence-electron chi connectivity index (χ0n) is 10.8. The fourth-order valence-electron chi connectivity index (χ4n) is 1.61. The summed E-state index contributed by atoms with van der Waals surface area (Å²) in [4.78, 5) is 0.240. The fourth-order valence-corrected chi connectivity index (χ4v) is 2.98. The summed E-state index contributed by atoms with van der Waals surface area (Å²) in [6.07, 6.45) is 0. The largest absolute Gasteiger partial charge is 0.436 e. The van der Waals surface area contributed by atoms with Crippen LogP contribution in [0.4, 0.5) is 0 Å². The van der Waals surface area contributed by atoms with Crippen molar-refractivity contribution in [2.75, 3.05) is 0 Å². The van der Waals surface area contributed by atoms with Crippen molar-refractivity contribution < 1.29 is 4.74 Å². The Kier molecular flexibility index (Phi) is 4.72. The van der Waals surface area contributed by atoms with Gasteiger partial charge < -0.3 is 10.5 Å². The van der Waals surface area contributed by atoms with Gasteiger partial charge in [-0.1, -0.05) is 28.1 Å². The molecule has 20 heavy (non-hydrogen) atoms. The van der Waals surface area contributed by atoms with Crippen molar-refractivity contribution in [3.63, 3.8) is 0 Å². The van der Waals surface area contributed by atoms with Gasteiger partial charge in [0.05, 0.1) is 15.7 Å². The van der Waals surface area contributed by atoms with Crippen LogP contribution in [0, 0.1) is 13.8 Å². The minimum absolute atomic E-state index is 0.240. The van der Waals surface area contributed by atoms with Gasteiger partial charge >= 0.3 is 0 Å². The zero-order valence-corrected chi connectivity index (χ0v) is 14.8. The van der Waals surface area contributed by atoms with E-state index in [9.17, 15) is 0 Å². The lowest BCUT2D eigenvalue weighted by Gasteiger charge is -2.13. The highest BCUT2D eigenvalue weighted by Crippen LogP contribution is 2.33. The molecular weight excluding hydrogens is 406 g/mol. The number of rotatable bonds is 3. The van der Waals surface area contributed by atoms with E-state index in [0.29, 0.717) is 17.2 Å². The summed E-state index contributed by atoms with van der Waals surface area (Å²) in [5.74, 6) is 0.923. The van der Waals surface area contributed by atoms with Crippen LogP contribution in [-0.2, 0) is 0 Å². The van der Waals surface area contributed by atoms with Crippen LogP contribution < -0.4 is 10.5 Å². The van der Waals surface area contributed by atoms with Crippen molar-refractivity contribution >= 4 is 49.1 Å². The van der Waals surface area contributed by atoms with Crippen molar-refractivity contribution in [2.45, 2.75) is 13.8 Å². The van der Waals surface area contributed by atoms with E-state index < -0.39 is 0 Å². The van der Waals surface area contributed by atoms with E-state index in [0.717, 1.165) is 20.2 Å². The lowest BCUT2D eigenvalue weighted by atomic mass is 10.1. The summed E-state index contributed by atoms with van der Waals surface area (Å²) in [6, 6.07) is 5.56. The number of halogens is 2. The molecule has 0 spiro atoms. The topological polar surface area (TPSA) is 61.0 Å². The van der Waals surface area contributed by atoms with Gasteiger partial charge in [0.1, 0.15) is 10.7 Å². The molecule has 1 aromatic carbocycles. The Balaban J connectivity index is 2.48. The molecule has 0 amide bonds. The highest BCUT2D eigenvalue weighted by Gasteiger charge is 2.16. The second-order valence-electron chi connectivity index (χ2n) is 4.13. The Labute approximate surface area is 139 Å². The Morgan fingerprint density at radius 2 is 1.95 bits per heavy atom. The summed E-state index contributed by atoms with van der Waals surface area (Å²) >= 11 is 11.9. The number of aromatic nitrogens is 2. The molecule has 0 radical (unpaired) electrons. The van der Waals surface area contributed by atoms with Crippen molar-refractivity contribution in [3.8, 4) is 11.6 Å². The smallest absolute Gasteiger partial charge is 0.249 e. The molecule has 0 saturated carbocycles. The molecule has 1 aromatic heterocycles. The maximum atomic E-state index is 5.78. The van der Waals surface area contributed by atoms with Gasteiger partial charge in [0.2, 0.25) is 5.88 Å². The van der Waals surface area contributed by atoms with Crippen LogP contribution in [0.3, 0.4) is 0 Å². The SMILES string of the molecule is Cc1nnc(Oc2ccc(Br)cc2Br)c(C(N)=S)c1C. The molecule has 0 unspecified atom stereocenters. The second-order valence-corrected chi connectivity index (χ2v) is 6.34. The molecule has 2 N–H and O–H groups in total. The quantitative estimate of drug-likeness (QED) is 0.764. The van der Waals surface area contributed by atoms with Gasteiger partial charge in [-0.2, -0.15) is 5.10 Å². The fraction of sp³-hybridized carbons (Fsp3) is 0.154. The molecule has 0 fully saturated rings. The summed E-state index contributed by atoms with van der Waals surface area (Å²) < 4.78 is 7.52. The van der Waals surface area contributed by atoms with Crippen LogP contribution in [0.25, 0.3) is 0 Å². The molecule has 0 aliphatic heterocycles. The number of ether oxygens (including phenoxy) is 1. The van der Waals surface area contributed by atoms with Crippen LogP contribution in [0.1, 0.15) is 16.8 Å². The molecule has 0 bridgehead atoms. The summed E-state index contributed by atoms with van der Waals surface area (Å²) in [5, 5.41) is 8.10. The predicted octanol–water partition coefficient (Wildman–Crippen LogP) is 4.04. The molecule has 0 atom stereocenters. The molecule has 0 aliphatic rings. The van der Waals surface area contributed by atoms with Crippen molar-refractivity contribution in [3.05, 3.63) is 44.0 Å². The number of thiocarbonyl (C=S) groups is 1. The van der Waals surface area contributed by atoms with Gasteiger partial charge in [0.15, 0.2) is 0 Å². The first-order chi connectivity index (χ1) is 9.40. The van der Waals surface area contributed by atoms with Gasteiger partial charge in [0, 0.05) is 4.47 Å². The maximum Gasteiger partial charge on any atom is 0.249 e. The third kappa shape index (κ3) is 3.16. The highest BCUT2D eigenvalue weighted by molar-refractivity contribution is 9.11. The molecular formula is C13H11Br2N3OS. The molecule has 7 heteroatoms. The van der Waals surface area contributed by atoms with Crippen molar-refractivity contribution in [2.24, 2.45) is 5.73 Å². The molecule has 104 valence electrons. The lowest BCUT2D eigenvalue weighted by molar-refractivity contribution is 0.450. The Bertz CT molecular complexity index is 692. The summed E-state index contributed by atoms with van der Waals surface area (Å²) in [6.45, 7) is 3.74. The Morgan fingerprint density at radius 1 is 1.25 bits per heavy atom. The summed E-state index contributed by atoms with van der Waals surface area (Å²) in [5.41, 5.74) is 8.02. The molecule has 0 saturated heterocycles. The van der Waals surface area contributed by atoms with Gasteiger partial charge in [0.25, 0.3) is 0 Å². The molecule has 0 aliphatic carbocycles. The van der Waals surface area contributed by atoms with Gasteiger partial charge in [-0.05, 0) is 53.5 Å². The van der Waals surface area contributed by atoms with Crippen LogP contribution >= 0.6 is 44.1 Å². The lowest BCUT2D eigenvalue weighted by Crippen LogP contribution is -2.15. The number of hydrogen-bond donors (Lipinski definition) is 1. The second kappa shape index (κ2) is 6.15. The number of nitrogens with zero attached hydrogens (tertiary/aromatic N) is 2. The maximum absolute atomic E-state index is 5.78. The van der Waals surface area contributed by atoms with Crippen molar-refractivity contribution in [1.82, 2.24) is 10.2 Å². The minimum atomic E-state index is 0.240. The molecule has 4 nitrogen and oxygen atoms in total. The van der Waals surface area contributed by atoms with E-state index >= 15 is 0 Å². The Morgan fingerprint density at radius 3 is 2.55 bits per heavy atom. The van der Waals surface area contributed by atoms with Crippen LogP contribution in [0.5, 0.6) is 11.6 Å². The first-order valence-electron chi connectivity index (χ1n) is 5.66. The van der Waals surface area contributed by atoms with Gasteiger partial charge in [-0.3, -0.25) is 0 Å². The monoisotopic (exact) mass is 415 g/mol. The third-order valence-corrected chi connectivity index (χ3v) is 4.09. The van der Waals surface area contributed by atoms with Gasteiger partial charge in [-0.15, -0.1) is 5.10 Å². The number of benzene rings is 1. The highest BCUT2D eigenvalue weighted by atomic mass is 79.9. The zero-order chi connectivity index (χ0) is 14.9. The van der Waals surface area contributed by atoms with E-state index in [1.807, 2.05) is 32.0 Å². The Hall–Kier alpha value is -1.05. The standard InChI is InChI=1S/C13H11Br2N3OS/c1-6-7(2)17-18-13(11(6)12(16)20)19-10-4-3-8(14)5-9(10)15/h3-5H,1-2H3,(H2,16,20). The predicted molar refractivity (Wildman–Crippen MR) is 89.3 cm³/mol. The first-order valence-corrected chi connectivity index (χ1v) is 7.66. The van der Waals surface area contributed by atoms with Gasteiger partial charge in [-0.25, -0.2) is 0 Å². The molecule has 2 rings (SSSR count). The summed E-state index contributed by atoms with van der Waals surface area (Å²) in [7, 11) is 0. The van der Waals surface area contributed by atoms with E-state index in [-0.39, 0.29) is 4.99 Å². The number of aryl methyl sites for hydroxylation is 1. The van der Waals surface area contributed by atoms with E-state index in [2.05, 4.69) is 42.1 Å². The minimum Gasteiger partial charge on any atom is -0.436 e. The van der Waals surface area contributed by atoms with Crippen LogP contribution in [0.2, 0.25) is 0 Å². The average Bonchev–Trinajstić information content (AvgIpc) is 2.36. The third-order valence-electron chi connectivity index (χ3n) is 2.77. The number of nitrogens with two attached hydrogens (primary N) is 1. The normalized spacial score (nSPS) is 10.4.